The van der Waals surface area contributed by atoms with Crippen molar-refractivity contribution in [2.24, 2.45) is 4.99 Å². The number of guanidine groups is 1. The molecule has 0 aliphatic heterocycles. The van der Waals surface area contributed by atoms with E-state index in [0.29, 0.717) is 6.04 Å². The van der Waals surface area contributed by atoms with Crippen LogP contribution < -0.4 is 5.32 Å². The Hall–Kier alpha value is -1.07. The molecule has 118 valence electrons. The van der Waals surface area contributed by atoms with Crippen LogP contribution in [0.3, 0.4) is 0 Å². The maximum atomic E-state index is 4.40. The van der Waals surface area contributed by atoms with E-state index in [2.05, 4.69) is 58.6 Å². The number of nitrogens with zero attached hydrogens (tertiary/aromatic N) is 3. The van der Waals surface area contributed by atoms with Crippen molar-refractivity contribution in [2.45, 2.75) is 38.3 Å². The summed E-state index contributed by atoms with van der Waals surface area (Å²) in [4.78, 5) is 10.5. The van der Waals surface area contributed by atoms with Crippen molar-refractivity contribution in [2.75, 3.05) is 34.2 Å². The van der Waals surface area contributed by atoms with Crippen molar-refractivity contribution in [1.29, 1.82) is 0 Å². The predicted octanol–water partition coefficient (Wildman–Crippen LogP) is 2.28. The number of thiophene rings is 1. The Bertz CT molecular complexity index is 439. The van der Waals surface area contributed by atoms with Crippen LogP contribution in [0.4, 0.5) is 0 Å². The Morgan fingerprint density at radius 1 is 1.48 bits per heavy atom. The molecular weight excluding hydrogens is 280 g/mol. The minimum Gasteiger partial charge on any atom is -0.355 e. The first kappa shape index (κ1) is 16.3. The number of nitrogens with one attached hydrogen (secondary N) is 1. The van der Waals surface area contributed by atoms with Crippen molar-refractivity contribution in [3.8, 4) is 0 Å². The van der Waals surface area contributed by atoms with Crippen molar-refractivity contribution in [3.63, 3.8) is 0 Å². The highest BCUT2D eigenvalue weighted by Crippen LogP contribution is 2.26. The molecule has 1 aromatic heterocycles. The molecule has 1 N–H and O–H groups in total. The summed E-state index contributed by atoms with van der Waals surface area (Å²) in [7, 11) is 6.20. The van der Waals surface area contributed by atoms with Gasteiger partial charge in [-0.05, 0) is 44.7 Å². The number of hydrogen-bond acceptors (Lipinski definition) is 3. The molecule has 1 unspecified atom stereocenters. The van der Waals surface area contributed by atoms with Crippen LogP contribution in [0.1, 0.15) is 24.6 Å². The summed E-state index contributed by atoms with van der Waals surface area (Å²) in [6, 6.07) is 5.66. The summed E-state index contributed by atoms with van der Waals surface area (Å²) in [5.41, 5.74) is 0. The van der Waals surface area contributed by atoms with Crippen LogP contribution in [0.15, 0.2) is 22.5 Å². The Kier molecular flexibility index (Phi) is 6.06. The summed E-state index contributed by atoms with van der Waals surface area (Å²) in [5.74, 6) is 0.989. The first-order chi connectivity index (χ1) is 10.1. The van der Waals surface area contributed by atoms with Gasteiger partial charge in [0.15, 0.2) is 5.96 Å². The van der Waals surface area contributed by atoms with E-state index in [4.69, 9.17) is 0 Å². The molecule has 0 aromatic carbocycles. The number of rotatable bonds is 7. The zero-order valence-corrected chi connectivity index (χ0v) is 14.5. The second-order valence-corrected chi connectivity index (χ2v) is 6.96. The summed E-state index contributed by atoms with van der Waals surface area (Å²) in [5, 5.41) is 5.64. The fraction of sp³-hybridized carbons (Fsp3) is 0.688. The summed E-state index contributed by atoms with van der Waals surface area (Å²) < 4.78 is 0. The zero-order chi connectivity index (χ0) is 15.2. The molecule has 0 saturated heterocycles. The third kappa shape index (κ3) is 5.00. The number of aliphatic imine (C=N–C) groups is 1. The minimum absolute atomic E-state index is 0.542. The third-order valence-corrected chi connectivity index (χ3v) is 5.16. The summed E-state index contributed by atoms with van der Waals surface area (Å²) >= 11 is 1.82. The molecular formula is C16H28N4S. The minimum atomic E-state index is 0.542. The van der Waals surface area contributed by atoms with E-state index in [9.17, 15) is 0 Å². The van der Waals surface area contributed by atoms with Crippen LogP contribution in [0.25, 0.3) is 0 Å². The molecule has 1 aliphatic carbocycles. The fourth-order valence-corrected chi connectivity index (χ4v) is 3.15. The molecule has 1 fully saturated rings. The predicted molar refractivity (Wildman–Crippen MR) is 92.3 cm³/mol. The molecule has 0 radical (unpaired) electrons. The lowest BCUT2D eigenvalue weighted by atomic mass is 10.3. The van der Waals surface area contributed by atoms with Gasteiger partial charge < -0.3 is 10.2 Å². The van der Waals surface area contributed by atoms with Crippen molar-refractivity contribution >= 4 is 17.3 Å². The molecule has 21 heavy (non-hydrogen) atoms. The van der Waals surface area contributed by atoms with E-state index in [0.717, 1.165) is 31.5 Å². The van der Waals surface area contributed by atoms with Gasteiger partial charge in [0.05, 0.1) is 0 Å². The SMILES string of the molecule is CN=C(NCC(C)N(C)C1CC1)N(C)CCc1cccs1. The molecule has 1 aromatic rings. The Morgan fingerprint density at radius 3 is 2.81 bits per heavy atom. The molecule has 1 heterocycles. The molecule has 0 bridgehead atoms. The van der Waals surface area contributed by atoms with E-state index in [1.54, 1.807) is 0 Å². The maximum absolute atomic E-state index is 4.40. The molecule has 1 atom stereocenters. The molecule has 2 rings (SSSR count). The van der Waals surface area contributed by atoms with Crippen LogP contribution in [0.5, 0.6) is 0 Å². The van der Waals surface area contributed by atoms with E-state index < -0.39 is 0 Å². The van der Waals surface area contributed by atoms with Gasteiger partial charge in [0.25, 0.3) is 0 Å². The second-order valence-electron chi connectivity index (χ2n) is 5.92. The van der Waals surface area contributed by atoms with E-state index in [1.165, 1.54) is 17.7 Å². The quantitative estimate of drug-likeness (QED) is 0.619. The summed E-state index contributed by atoms with van der Waals surface area (Å²) in [6.45, 7) is 4.22. The van der Waals surface area contributed by atoms with Gasteiger partial charge in [-0.15, -0.1) is 11.3 Å². The molecule has 1 saturated carbocycles. The topological polar surface area (TPSA) is 30.9 Å². The standard InChI is InChI=1S/C16H28N4S/c1-13(20(4)14-7-8-14)12-18-16(17-2)19(3)10-9-15-6-5-11-21-15/h5-6,11,13-14H,7-10,12H2,1-4H3,(H,17,18). The normalized spacial score (nSPS) is 17.1. The van der Waals surface area contributed by atoms with Crippen molar-refractivity contribution < 1.29 is 0 Å². The molecule has 1 aliphatic rings. The second kappa shape index (κ2) is 7.80. The first-order valence-corrected chi connectivity index (χ1v) is 8.66. The fourth-order valence-electron chi connectivity index (χ4n) is 2.45. The number of hydrogen-bond donors (Lipinski definition) is 1. The maximum Gasteiger partial charge on any atom is 0.193 e. The zero-order valence-electron chi connectivity index (χ0n) is 13.7. The van der Waals surface area contributed by atoms with Crippen LogP contribution in [0.2, 0.25) is 0 Å². The number of likely N-dealkylation sites (N-methyl/N-ethyl adjacent to an activating group) is 2. The van der Waals surface area contributed by atoms with Gasteiger partial charge in [0.1, 0.15) is 0 Å². The molecule has 5 heteroatoms. The van der Waals surface area contributed by atoms with Gasteiger partial charge in [-0.3, -0.25) is 9.89 Å². The Morgan fingerprint density at radius 2 is 2.24 bits per heavy atom. The van der Waals surface area contributed by atoms with Gasteiger partial charge >= 0.3 is 0 Å². The Labute approximate surface area is 132 Å². The van der Waals surface area contributed by atoms with Gasteiger partial charge in [-0.2, -0.15) is 0 Å². The van der Waals surface area contributed by atoms with Crippen LogP contribution >= 0.6 is 11.3 Å². The van der Waals surface area contributed by atoms with Gasteiger partial charge in [0.2, 0.25) is 0 Å². The van der Waals surface area contributed by atoms with E-state index >= 15 is 0 Å². The van der Waals surface area contributed by atoms with Crippen LogP contribution in [0, 0.1) is 0 Å². The Balaban J connectivity index is 1.73. The highest BCUT2D eigenvalue weighted by Gasteiger charge is 2.29. The molecule has 0 amide bonds. The monoisotopic (exact) mass is 308 g/mol. The third-order valence-electron chi connectivity index (χ3n) is 4.22. The van der Waals surface area contributed by atoms with Crippen LogP contribution in [-0.2, 0) is 6.42 Å². The lowest BCUT2D eigenvalue weighted by Gasteiger charge is -2.28. The van der Waals surface area contributed by atoms with Gasteiger partial charge in [-0.1, -0.05) is 6.07 Å². The highest BCUT2D eigenvalue weighted by atomic mass is 32.1. The van der Waals surface area contributed by atoms with Crippen molar-refractivity contribution in [1.82, 2.24) is 15.1 Å². The van der Waals surface area contributed by atoms with Gasteiger partial charge in [0, 0.05) is 44.1 Å². The highest BCUT2D eigenvalue weighted by molar-refractivity contribution is 7.09. The van der Waals surface area contributed by atoms with E-state index in [1.807, 2.05) is 18.4 Å². The lowest BCUT2D eigenvalue weighted by molar-refractivity contribution is 0.246. The largest absolute Gasteiger partial charge is 0.355 e. The average Bonchev–Trinajstić information content (AvgIpc) is 3.21. The average molecular weight is 308 g/mol. The van der Waals surface area contributed by atoms with Crippen molar-refractivity contribution in [3.05, 3.63) is 22.4 Å². The van der Waals surface area contributed by atoms with Gasteiger partial charge in [-0.25, -0.2) is 0 Å². The molecule has 4 nitrogen and oxygen atoms in total. The first-order valence-electron chi connectivity index (χ1n) is 7.78. The smallest absolute Gasteiger partial charge is 0.193 e. The molecule has 0 spiro atoms. The lowest BCUT2D eigenvalue weighted by Crippen LogP contribution is -2.46. The summed E-state index contributed by atoms with van der Waals surface area (Å²) in [6.07, 6.45) is 3.79. The van der Waals surface area contributed by atoms with Crippen LogP contribution in [-0.4, -0.2) is 62.1 Å². The van der Waals surface area contributed by atoms with E-state index in [-0.39, 0.29) is 0 Å².